The maximum atomic E-state index is 5.36. The first-order valence-electron chi connectivity index (χ1n) is 15.8. The molecule has 0 spiro atoms. The van der Waals surface area contributed by atoms with Crippen molar-refractivity contribution in [1.29, 1.82) is 0 Å². The zero-order valence-corrected chi connectivity index (χ0v) is 26.2. The number of pyridine rings is 1. The van der Waals surface area contributed by atoms with Crippen LogP contribution in [0.3, 0.4) is 0 Å². The van der Waals surface area contributed by atoms with Crippen LogP contribution >= 0.6 is 11.8 Å². The minimum atomic E-state index is -0.0645. The van der Waals surface area contributed by atoms with Crippen LogP contribution in [-0.2, 0) is 5.41 Å². The Bertz CT molecular complexity index is 2300. The van der Waals surface area contributed by atoms with Gasteiger partial charge in [-0.15, -0.1) is 0 Å². The van der Waals surface area contributed by atoms with Gasteiger partial charge in [0.15, 0.2) is 11.6 Å². The van der Waals surface area contributed by atoms with Crippen LogP contribution in [0.2, 0.25) is 0 Å². The molecule has 0 saturated carbocycles. The van der Waals surface area contributed by atoms with Gasteiger partial charge in [-0.3, -0.25) is 0 Å². The maximum absolute atomic E-state index is 5.36. The molecule has 5 heteroatoms. The van der Waals surface area contributed by atoms with Crippen LogP contribution in [-0.4, -0.2) is 19.9 Å². The van der Waals surface area contributed by atoms with E-state index < -0.39 is 0 Å². The molecule has 0 amide bonds. The second-order valence-corrected chi connectivity index (χ2v) is 13.5. The van der Waals surface area contributed by atoms with Crippen molar-refractivity contribution in [3.8, 4) is 34.0 Å². The molecule has 2 aliphatic carbocycles. The molecule has 2 aromatic heterocycles. The predicted molar refractivity (Wildman–Crippen MR) is 190 cm³/mol. The van der Waals surface area contributed by atoms with Crippen molar-refractivity contribution in [3.63, 3.8) is 0 Å². The maximum Gasteiger partial charge on any atom is 0.163 e. The highest BCUT2D eigenvalue weighted by molar-refractivity contribution is 8.03. The van der Waals surface area contributed by atoms with Crippen LogP contribution in [0.25, 0.3) is 55.7 Å². The molecule has 2 unspecified atom stereocenters. The zero-order valence-electron chi connectivity index (χ0n) is 25.4. The van der Waals surface area contributed by atoms with Gasteiger partial charge in [0.25, 0.3) is 0 Å². The van der Waals surface area contributed by atoms with Gasteiger partial charge in [0.2, 0.25) is 0 Å². The Balaban J connectivity index is 1.18. The molecule has 9 rings (SSSR count). The van der Waals surface area contributed by atoms with Crippen LogP contribution in [0, 0.1) is 0 Å². The number of benzene rings is 4. The van der Waals surface area contributed by atoms with E-state index in [1.54, 1.807) is 0 Å². The van der Waals surface area contributed by atoms with Gasteiger partial charge in [-0.1, -0.05) is 140 Å². The van der Waals surface area contributed by atoms with Crippen molar-refractivity contribution < 1.29 is 0 Å². The van der Waals surface area contributed by atoms with Gasteiger partial charge in [-0.05, 0) is 41.3 Å². The fourth-order valence-corrected chi connectivity index (χ4v) is 8.43. The standard InChI is InChI=1S/C41H30N4S/c1-41-23-11-10-18-34(41)46-37-35(41)32-24-30-16-8-9-17-31(30)25-33(32)42-36(37)26-19-21-29(22-20-26)40-44-38(27-12-4-2-5-13-27)43-39(45-40)28-14-6-3-7-15-28/h2-14,16-22,24-25,28H,15,23H2,1H3. The highest BCUT2D eigenvalue weighted by atomic mass is 32.2. The number of aromatic nitrogens is 4. The Labute approximate surface area is 272 Å². The molecule has 220 valence electrons. The van der Waals surface area contributed by atoms with Crippen molar-refractivity contribution in [2.75, 3.05) is 0 Å². The average Bonchev–Trinajstić information content (AvgIpc) is 3.44. The molecule has 0 radical (unpaired) electrons. The third-order valence-electron chi connectivity index (χ3n) is 9.44. The average molecular weight is 611 g/mol. The summed E-state index contributed by atoms with van der Waals surface area (Å²) in [6, 6.07) is 32.0. The van der Waals surface area contributed by atoms with E-state index in [0.29, 0.717) is 11.6 Å². The summed E-state index contributed by atoms with van der Waals surface area (Å²) < 4.78 is 0. The molecule has 1 aliphatic heterocycles. The molecular weight excluding hydrogens is 581 g/mol. The number of hydrogen-bond donors (Lipinski definition) is 0. The summed E-state index contributed by atoms with van der Waals surface area (Å²) in [6.07, 6.45) is 17.1. The van der Waals surface area contributed by atoms with Crippen molar-refractivity contribution in [3.05, 3.63) is 150 Å². The summed E-state index contributed by atoms with van der Waals surface area (Å²) in [5.41, 5.74) is 6.44. The van der Waals surface area contributed by atoms with Gasteiger partial charge < -0.3 is 0 Å². The summed E-state index contributed by atoms with van der Waals surface area (Å²) >= 11 is 1.88. The quantitative estimate of drug-likeness (QED) is 0.186. The Morgan fingerprint density at radius 3 is 2.17 bits per heavy atom. The monoisotopic (exact) mass is 610 g/mol. The van der Waals surface area contributed by atoms with E-state index in [1.807, 2.05) is 30.0 Å². The van der Waals surface area contributed by atoms with Crippen molar-refractivity contribution in [2.45, 2.75) is 36.0 Å². The van der Waals surface area contributed by atoms with E-state index in [2.05, 4.69) is 122 Å². The molecule has 46 heavy (non-hydrogen) atoms. The van der Waals surface area contributed by atoms with Crippen LogP contribution in [0.1, 0.15) is 37.1 Å². The fraction of sp³-hybridized carbons (Fsp3) is 0.122. The number of allylic oxidation sites excluding steroid dienone is 8. The summed E-state index contributed by atoms with van der Waals surface area (Å²) in [5, 5.41) is 3.71. The first kappa shape index (κ1) is 27.2. The number of thioether (sulfide) groups is 1. The number of fused-ring (bicyclic) bond motifs is 6. The van der Waals surface area contributed by atoms with Gasteiger partial charge in [0, 0.05) is 43.2 Å². The Morgan fingerprint density at radius 2 is 1.41 bits per heavy atom. The summed E-state index contributed by atoms with van der Waals surface area (Å²) in [5.74, 6) is 2.30. The fourth-order valence-electron chi connectivity index (χ4n) is 6.95. The number of nitrogens with zero attached hydrogens (tertiary/aromatic N) is 4. The largest absolute Gasteiger partial charge is 0.247 e. The van der Waals surface area contributed by atoms with E-state index in [-0.39, 0.29) is 11.3 Å². The highest BCUT2D eigenvalue weighted by Crippen LogP contribution is 2.59. The van der Waals surface area contributed by atoms with Gasteiger partial charge >= 0.3 is 0 Å². The van der Waals surface area contributed by atoms with Crippen LogP contribution < -0.4 is 0 Å². The molecule has 0 fully saturated rings. The molecule has 3 aliphatic rings. The molecule has 0 bridgehead atoms. The van der Waals surface area contributed by atoms with Gasteiger partial charge in [0.1, 0.15) is 5.82 Å². The Kier molecular flexibility index (Phi) is 6.35. The van der Waals surface area contributed by atoms with E-state index in [0.717, 1.165) is 46.6 Å². The molecule has 2 atom stereocenters. The van der Waals surface area contributed by atoms with E-state index >= 15 is 0 Å². The van der Waals surface area contributed by atoms with Crippen LogP contribution in [0.15, 0.2) is 143 Å². The normalized spacial score (nSPS) is 19.8. The second-order valence-electron chi connectivity index (χ2n) is 12.4. The lowest BCUT2D eigenvalue weighted by Crippen LogP contribution is -2.21. The first-order chi connectivity index (χ1) is 22.6. The predicted octanol–water partition coefficient (Wildman–Crippen LogP) is 10.4. The lowest BCUT2D eigenvalue weighted by Gasteiger charge is -2.28. The molecule has 6 aromatic rings. The van der Waals surface area contributed by atoms with Gasteiger partial charge in [-0.2, -0.15) is 0 Å². The van der Waals surface area contributed by atoms with Crippen molar-refractivity contribution in [1.82, 2.24) is 19.9 Å². The Morgan fingerprint density at radius 1 is 0.696 bits per heavy atom. The van der Waals surface area contributed by atoms with E-state index in [4.69, 9.17) is 19.9 Å². The summed E-state index contributed by atoms with van der Waals surface area (Å²) in [7, 11) is 0. The number of hydrogen-bond acceptors (Lipinski definition) is 5. The van der Waals surface area contributed by atoms with E-state index in [1.165, 1.54) is 31.5 Å². The summed E-state index contributed by atoms with van der Waals surface area (Å²) in [6.45, 7) is 2.39. The lowest BCUT2D eigenvalue weighted by atomic mass is 9.75. The SMILES string of the molecule is CC12CC=CC=C1Sc1c(-c3ccc(-c4nc(-c5ccccc5)nc(C5C=CC=CC5)n4)cc3)nc3cc4ccccc4cc3c12. The topological polar surface area (TPSA) is 51.6 Å². The smallest absolute Gasteiger partial charge is 0.163 e. The Hall–Kier alpha value is -5.13. The molecule has 0 saturated heterocycles. The molecule has 4 nitrogen and oxygen atoms in total. The third-order valence-corrected chi connectivity index (χ3v) is 10.8. The zero-order chi connectivity index (χ0) is 30.7. The molecule has 3 heterocycles. The van der Waals surface area contributed by atoms with Crippen molar-refractivity contribution in [2.24, 2.45) is 0 Å². The first-order valence-corrected chi connectivity index (χ1v) is 16.6. The van der Waals surface area contributed by atoms with Gasteiger partial charge in [-0.25, -0.2) is 19.9 Å². The molecular formula is C41H30N4S. The lowest BCUT2D eigenvalue weighted by molar-refractivity contribution is 0.594. The minimum absolute atomic E-state index is 0.0645. The molecule has 0 N–H and O–H groups in total. The second kappa shape index (κ2) is 10.7. The third kappa shape index (κ3) is 4.45. The van der Waals surface area contributed by atoms with Crippen LogP contribution in [0.4, 0.5) is 0 Å². The van der Waals surface area contributed by atoms with Crippen LogP contribution in [0.5, 0.6) is 0 Å². The minimum Gasteiger partial charge on any atom is -0.247 e. The highest BCUT2D eigenvalue weighted by Gasteiger charge is 2.43. The van der Waals surface area contributed by atoms with Gasteiger partial charge in [0.05, 0.1) is 11.2 Å². The van der Waals surface area contributed by atoms with Crippen molar-refractivity contribution >= 4 is 33.4 Å². The molecule has 4 aromatic carbocycles. The number of rotatable bonds is 4. The van der Waals surface area contributed by atoms with E-state index in [9.17, 15) is 0 Å². The summed E-state index contributed by atoms with van der Waals surface area (Å²) in [4.78, 5) is 22.9.